The van der Waals surface area contributed by atoms with Crippen LogP contribution in [0.1, 0.15) is 0 Å². The molecule has 0 aromatic heterocycles. The van der Waals surface area contributed by atoms with Crippen molar-refractivity contribution < 1.29 is 9.47 Å². The van der Waals surface area contributed by atoms with Crippen LogP contribution in [0.15, 0.2) is 18.2 Å². The number of halogens is 2. The number of hydrogen-bond acceptors (Lipinski definition) is 2. The molecule has 4 heteroatoms. The van der Waals surface area contributed by atoms with Gasteiger partial charge in [0.05, 0.1) is 10.0 Å². The van der Waals surface area contributed by atoms with Crippen LogP contribution in [0.4, 0.5) is 0 Å². The van der Waals surface area contributed by atoms with Crippen LogP contribution in [0.5, 0.6) is 5.75 Å². The van der Waals surface area contributed by atoms with Crippen molar-refractivity contribution in [3.05, 3.63) is 28.2 Å². The molecule has 0 heterocycles. The van der Waals surface area contributed by atoms with E-state index < -0.39 is 0 Å². The molecule has 1 rings (SSSR count). The Bertz CT molecular complexity index is 263. The van der Waals surface area contributed by atoms with Gasteiger partial charge in [0.1, 0.15) is 5.75 Å². The van der Waals surface area contributed by atoms with Crippen molar-refractivity contribution in [2.75, 3.05) is 13.9 Å². The Kier molecular flexibility index (Phi) is 3.66. The number of ether oxygens (including phenoxy) is 2. The zero-order valence-corrected chi connectivity index (χ0v) is 8.02. The first-order valence-corrected chi connectivity index (χ1v) is 4.06. The van der Waals surface area contributed by atoms with E-state index in [0.29, 0.717) is 15.8 Å². The lowest BCUT2D eigenvalue weighted by atomic mass is 10.3. The average Bonchev–Trinajstić information content (AvgIpc) is 2.07. The molecule has 0 unspecified atom stereocenters. The highest BCUT2D eigenvalue weighted by Gasteiger charge is 1.98. The van der Waals surface area contributed by atoms with Gasteiger partial charge in [-0.15, -0.1) is 0 Å². The Morgan fingerprint density at radius 2 is 2.00 bits per heavy atom. The second-order valence-corrected chi connectivity index (χ2v) is 2.94. The third-order valence-electron chi connectivity index (χ3n) is 1.23. The predicted molar refractivity (Wildman–Crippen MR) is 49.0 cm³/mol. The number of hydrogen-bond donors (Lipinski definition) is 0. The Labute approximate surface area is 81.0 Å². The van der Waals surface area contributed by atoms with Gasteiger partial charge < -0.3 is 9.47 Å². The lowest BCUT2D eigenvalue weighted by Crippen LogP contribution is -1.98. The summed E-state index contributed by atoms with van der Waals surface area (Å²) in [6.45, 7) is 0.206. The summed E-state index contributed by atoms with van der Waals surface area (Å²) in [6, 6.07) is 5.05. The number of methoxy groups -OCH3 is 1. The molecule has 0 N–H and O–H groups in total. The minimum absolute atomic E-state index is 0.206. The summed E-state index contributed by atoms with van der Waals surface area (Å²) < 4.78 is 9.84. The quantitative estimate of drug-likeness (QED) is 0.709. The second-order valence-electron chi connectivity index (χ2n) is 2.13. The van der Waals surface area contributed by atoms with E-state index in [9.17, 15) is 0 Å². The first kappa shape index (κ1) is 9.65. The maximum Gasteiger partial charge on any atom is 0.188 e. The maximum atomic E-state index is 5.74. The molecule has 66 valence electrons. The lowest BCUT2D eigenvalue weighted by molar-refractivity contribution is 0.0511. The molecular formula is C8H8Cl2O2. The van der Waals surface area contributed by atoms with Gasteiger partial charge in [0, 0.05) is 13.2 Å². The Morgan fingerprint density at radius 1 is 1.25 bits per heavy atom. The lowest BCUT2D eigenvalue weighted by Gasteiger charge is -2.04. The minimum Gasteiger partial charge on any atom is -0.468 e. The SMILES string of the molecule is COCOc1ccc(Cl)c(Cl)c1. The van der Waals surface area contributed by atoms with E-state index in [-0.39, 0.29) is 6.79 Å². The van der Waals surface area contributed by atoms with Gasteiger partial charge in [0.25, 0.3) is 0 Å². The van der Waals surface area contributed by atoms with Gasteiger partial charge >= 0.3 is 0 Å². The minimum atomic E-state index is 0.206. The van der Waals surface area contributed by atoms with Gasteiger partial charge in [-0.3, -0.25) is 0 Å². The summed E-state index contributed by atoms with van der Waals surface area (Å²) in [4.78, 5) is 0. The fourth-order valence-electron chi connectivity index (χ4n) is 0.694. The monoisotopic (exact) mass is 206 g/mol. The van der Waals surface area contributed by atoms with E-state index in [4.69, 9.17) is 32.7 Å². The van der Waals surface area contributed by atoms with Crippen LogP contribution in [-0.2, 0) is 4.74 Å². The van der Waals surface area contributed by atoms with Crippen LogP contribution in [0.25, 0.3) is 0 Å². The van der Waals surface area contributed by atoms with E-state index in [0.717, 1.165) is 0 Å². The van der Waals surface area contributed by atoms with Crippen molar-refractivity contribution in [3.8, 4) is 5.75 Å². The van der Waals surface area contributed by atoms with Crippen molar-refractivity contribution in [3.63, 3.8) is 0 Å². The van der Waals surface area contributed by atoms with Crippen LogP contribution in [0.2, 0.25) is 10.0 Å². The largest absolute Gasteiger partial charge is 0.468 e. The molecular weight excluding hydrogens is 199 g/mol. The zero-order chi connectivity index (χ0) is 8.97. The van der Waals surface area contributed by atoms with Gasteiger partial charge in [0.2, 0.25) is 0 Å². The van der Waals surface area contributed by atoms with E-state index in [1.807, 2.05) is 0 Å². The molecule has 0 amide bonds. The van der Waals surface area contributed by atoms with Crippen LogP contribution in [-0.4, -0.2) is 13.9 Å². The molecule has 2 nitrogen and oxygen atoms in total. The van der Waals surface area contributed by atoms with Crippen LogP contribution >= 0.6 is 23.2 Å². The van der Waals surface area contributed by atoms with Crippen molar-refractivity contribution in [2.45, 2.75) is 0 Å². The van der Waals surface area contributed by atoms with E-state index >= 15 is 0 Å². The molecule has 0 radical (unpaired) electrons. The summed E-state index contributed by atoms with van der Waals surface area (Å²) in [5.41, 5.74) is 0. The third-order valence-corrected chi connectivity index (χ3v) is 1.97. The fraction of sp³-hybridized carbons (Fsp3) is 0.250. The van der Waals surface area contributed by atoms with Crippen molar-refractivity contribution in [2.24, 2.45) is 0 Å². The van der Waals surface area contributed by atoms with Crippen LogP contribution in [0, 0.1) is 0 Å². The third kappa shape index (κ3) is 2.55. The molecule has 0 bridgehead atoms. The van der Waals surface area contributed by atoms with Crippen LogP contribution < -0.4 is 4.74 Å². The highest BCUT2D eigenvalue weighted by molar-refractivity contribution is 6.42. The Morgan fingerprint density at radius 3 is 2.58 bits per heavy atom. The molecule has 0 saturated heterocycles. The smallest absolute Gasteiger partial charge is 0.188 e. The number of benzene rings is 1. The van der Waals surface area contributed by atoms with Gasteiger partial charge in [-0.05, 0) is 12.1 Å². The van der Waals surface area contributed by atoms with Gasteiger partial charge in [-0.25, -0.2) is 0 Å². The highest BCUT2D eigenvalue weighted by Crippen LogP contribution is 2.26. The first-order chi connectivity index (χ1) is 5.74. The standard InChI is InChI=1S/C8H8Cl2O2/c1-11-5-12-6-2-3-7(9)8(10)4-6/h2-4H,5H2,1H3. The zero-order valence-electron chi connectivity index (χ0n) is 6.51. The van der Waals surface area contributed by atoms with E-state index in [2.05, 4.69) is 0 Å². The maximum absolute atomic E-state index is 5.74. The molecule has 0 atom stereocenters. The topological polar surface area (TPSA) is 18.5 Å². The second kappa shape index (κ2) is 4.55. The molecule has 0 aliphatic rings. The van der Waals surface area contributed by atoms with E-state index in [1.165, 1.54) is 0 Å². The molecule has 12 heavy (non-hydrogen) atoms. The molecule has 1 aromatic rings. The van der Waals surface area contributed by atoms with Crippen molar-refractivity contribution >= 4 is 23.2 Å². The highest BCUT2D eigenvalue weighted by atomic mass is 35.5. The molecule has 0 saturated carbocycles. The average molecular weight is 207 g/mol. The van der Waals surface area contributed by atoms with Crippen LogP contribution in [0.3, 0.4) is 0 Å². The molecule has 0 aliphatic heterocycles. The van der Waals surface area contributed by atoms with Gasteiger partial charge in [0.15, 0.2) is 6.79 Å². The van der Waals surface area contributed by atoms with Gasteiger partial charge in [-0.2, -0.15) is 0 Å². The summed E-state index contributed by atoms with van der Waals surface area (Å²) in [7, 11) is 1.55. The fourth-order valence-corrected chi connectivity index (χ4v) is 0.982. The molecule has 0 fully saturated rings. The molecule has 0 spiro atoms. The normalized spacial score (nSPS) is 9.92. The summed E-state index contributed by atoms with van der Waals surface area (Å²) in [5, 5.41) is 0.992. The first-order valence-electron chi connectivity index (χ1n) is 3.31. The Hall–Kier alpha value is -0.440. The predicted octanol–water partition coefficient (Wildman–Crippen LogP) is 2.98. The van der Waals surface area contributed by atoms with Crippen molar-refractivity contribution in [1.82, 2.24) is 0 Å². The molecule has 1 aromatic carbocycles. The Balaban J connectivity index is 2.69. The summed E-state index contributed by atoms with van der Waals surface area (Å²) >= 11 is 11.4. The van der Waals surface area contributed by atoms with Crippen molar-refractivity contribution in [1.29, 1.82) is 0 Å². The summed E-state index contributed by atoms with van der Waals surface area (Å²) in [6.07, 6.45) is 0. The molecule has 0 aliphatic carbocycles. The van der Waals surface area contributed by atoms with E-state index in [1.54, 1.807) is 25.3 Å². The van der Waals surface area contributed by atoms with Gasteiger partial charge in [-0.1, -0.05) is 23.2 Å². The summed E-state index contributed by atoms with van der Waals surface area (Å²) in [5.74, 6) is 0.645. The number of rotatable bonds is 3.